The van der Waals surface area contributed by atoms with Gasteiger partial charge in [-0.1, -0.05) is 72.8 Å². The summed E-state index contributed by atoms with van der Waals surface area (Å²) in [6, 6.07) is 26.0. The molecule has 4 aromatic carbocycles. The van der Waals surface area contributed by atoms with Crippen LogP contribution in [0.5, 0.6) is 0 Å². The van der Waals surface area contributed by atoms with Gasteiger partial charge in [-0.2, -0.15) is 0 Å². The summed E-state index contributed by atoms with van der Waals surface area (Å²) in [7, 11) is 0. The SMILES string of the molecule is [O].c1ccc2c(c1)c1ccccc1c1ccccc21. The van der Waals surface area contributed by atoms with Gasteiger partial charge in [0.1, 0.15) is 0 Å². The van der Waals surface area contributed by atoms with E-state index < -0.39 is 0 Å². The van der Waals surface area contributed by atoms with E-state index >= 15 is 0 Å². The number of rotatable bonds is 0. The molecule has 0 saturated carbocycles. The van der Waals surface area contributed by atoms with Crippen LogP contribution in [0.3, 0.4) is 0 Å². The lowest BCUT2D eigenvalue weighted by molar-refractivity contribution is 0.686. The first-order chi connectivity index (χ1) is 8.95. The Hall–Kier alpha value is -2.38. The van der Waals surface area contributed by atoms with Crippen molar-refractivity contribution >= 4 is 32.3 Å². The van der Waals surface area contributed by atoms with E-state index in [0.717, 1.165) is 0 Å². The lowest BCUT2D eigenvalue weighted by Crippen LogP contribution is -1.81. The molecule has 0 saturated heterocycles. The third-order valence-corrected chi connectivity index (χ3v) is 3.65. The number of hydrogen-bond donors (Lipinski definition) is 0. The zero-order chi connectivity index (χ0) is 11.9. The van der Waals surface area contributed by atoms with Crippen molar-refractivity contribution < 1.29 is 5.48 Å². The van der Waals surface area contributed by atoms with Crippen molar-refractivity contribution in [1.29, 1.82) is 0 Å². The monoisotopic (exact) mass is 244 g/mol. The Balaban J connectivity index is 0.00000110. The molecule has 0 bridgehead atoms. The summed E-state index contributed by atoms with van der Waals surface area (Å²) in [4.78, 5) is 0. The van der Waals surface area contributed by atoms with Gasteiger partial charge in [-0.3, -0.25) is 0 Å². The second kappa shape index (κ2) is 4.38. The van der Waals surface area contributed by atoms with Crippen LogP contribution < -0.4 is 0 Å². The molecule has 0 atom stereocenters. The van der Waals surface area contributed by atoms with E-state index in [1.165, 1.54) is 32.3 Å². The summed E-state index contributed by atoms with van der Waals surface area (Å²) < 4.78 is 0. The largest absolute Gasteiger partial charge is 0.0616 e. The van der Waals surface area contributed by atoms with Crippen LogP contribution in [0.4, 0.5) is 0 Å². The van der Waals surface area contributed by atoms with Crippen molar-refractivity contribution in [2.45, 2.75) is 0 Å². The van der Waals surface area contributed by atoms with Gasteiger partial charge in [0, 0.05) is 5.48 Å². The van der Waals surface area contributed by atoms with E-state index in [4.69, 9.17) is 0 Å². The third-order valence-electron chi connectivity index (χ3n) is 3.65. The molecule has 0 aromatic heterocycles. The molecule has 90 valence electrons. The summed E-state index contributed by atoms with van der Waals surface area (Å²) in [6.45, 7) is 0. The van der Waals surface area contributed by atoms with Crippen LogP contribution in [0, 0.1) is 0 Å². The van der Waals surface area contributed by atoms with Gasteiger partial charge in [-0.25, -0.2) is 0 Å². The third kappa shape index (κ3) is 1.60. The van der Waals surface area contributed by atoms with Crippen molar-refractivity contribution in [3.8, 4) is 0 Å². The second-order valence-electron chi connectivity index (χ2n) is 4.64. The highest BCUT2D eigenvalue weighted by atomic mass is 16.0. The predicted molar refractivity (Wildman–Crippen MR) is 79.6 cm³/mol. The molecule has 0 unspecified atom stereocenters. The Morgan fingerprint density at radius 1 is 0.316 bits per heavy atom. The second-order valence-corrected chi connectivity index (χ2v) is 4.64. The van der Waals surface area contributed by atoms with Gasteiger partial charge in [0.15, 0.2) is 0 Å². The average molecular weight is 244 g/mol. The van der Waals surface area contributed by atoms with Gasteiger partial charge in [-0.05, 0) is 32.3 Å². The van der Waals surface area contributed by atoms with Crippen molar-refractivity contribution in [3.63, 3.8) is 0 Å². The van der Waals surface area contributed by atoms with E-state index in [1.807, 2.05) is 0 Å². The van der Waals surface area contributed by atoms with Crippen LogP contribution in [0.1, 0.15) is 0 Å². The molecule has 0 N–H and O–H groups in total. The van der Waals surface area contributed by atoms with E-state index in [0.29, 0.717) is 0 Å². The highest BCUT2D eigenvalue weighted by Crippen LogP contribution is 2.34. The Morgan fingerprint density at radius 3 is 0.632 bits per heavy atom. The minimum absolute atomic E-state index is 0. The molecule has 0 aliphatic heterocycles. The predicted octanol–water partition coefficient (Wildman–Crippen LogP) is 5.03. The van der Waals surface area contributed by atoms with Gasteiger partial charge in [0.2, 0.25) is 0 Å². The van der Waals surface area contributed by atoms with Crippen LogP contribution in [0.2, 0.25) is 0 Å². The van der Waals surface area contributed by atoms with Gasteiger partial charge < -0.3 is 0 Å². The summed E-state index contributed by atoms with van der Waals surface area (Å²) in [5.41, 5.74) is 0. The van der Waals surface area contributed by atoms with Crippen LogP contribution in [-0.2, 0) is 5.48 Å². The van der Waals surface area contributed by atoms with Gasteiger partial charge in [0.25, 0.3) is 0 Å². The molecular formula is C18H12O. The summed E-state index contributed by atoms with van der Waals surface area (Å²) in [6.07, 6.45) is 0. The Bertz CT molecular complexity index is 657. The summed E-state index contributed by atoms with van der Waals surface area (Å²) in [5.74, 6) is 0. The molecular weight excluding hydrogens is 232 g/mol. The van der Waals surface area contributed by atoms with E-state index in [-0.39, 0.29) is 5.48 Å². The summed E-state index contributed by atoms with van der Waals surface area (Å²) >= 11 is 0. The Morgan fingerprint density at radius 2 is 0.474 bits per heavy atom. The molecule has 1 nitrogen and oxygen atoms in total. The molecule has 4 rings (SSSR count). The zero-order valence-electron chi connectivity index (χ0n) is 10.3. The molecule has 0 fully saturated rings. The number of benzene rings is 4. The quantitative estimate of drug-likeness (QED) is 0.388. The fourth-order valence-electron chi connectivity index (χ4n) is 2.86. The number of fused-ring (bicyclic) bond motifs is 6. The molecule has 0 amide bonds. The molecule has 0 aliphatic carbocycles. The van der Waals surface area contributed by atoms with Crippen molar-refractivity contribution in [3.05, 3.63) is 72.8 Å². The fourth-order valence-corrected chi connectivity index (χ4v) is 2.86. The highest BCUT2D eigenvalue weighted by molar-refractivity contribution is 6.25. The standard InChI is InChI=1S/C18H12.O/c1-2-8-14-13(7-1)15-9-3-4-11-17(15)18-12-6-5-10-16(14)18;/h1-12H;. The van der Waals surface area contributed by atoms with Crippen molar-refractivity contribution in [2.75, 3.05) is 0 Å². The molecule has 0 spiro atoms. The van der Waals surface area contributed by atoms with E-state index in [9.17, 15) is 0 Å². The maximum Gasteiger partial charge on any atom is 0 e. The minimum Gasteiger partial charge on any atom is -0.0616 e. The molecule has 1 heteroatoms. The molecule has 0 heterocycles. The smallest absolute Gasteiger partial charge is 0 e. The van der Waals surface area contributed by atoms with Crippen LogP contribution in [-0.4, -0.2) is 0 Å². The minimum atomic E-state index is 0. The maximum absolute atomic E-state index is 2.21. The molecule has 2 radical (unpaired) electrons. The normalized spacial score (nSPS) is 10.7. The first-order valence-corrected chi connectivity index (χ1v) is 6.23. The summed E-state index contributed by atoms with van der Waals surface area (Å²) in [5, 5.41) is 8.04. The average Bonchev–Trinajstić information content (AvgIpc) is 2.48. The van der Waals surface area contributed by atoms with Crippen molar-refractivity contribution in [1.82, 2.24) is 0 Å². The lowest BCUT2D eigenvalue weighted by Gasteiger charge is -2.09. The molecule has 0 aliphatic rings. The molecule has 4 aromatic rings. The number of hydrogen-bond acceptors (Lipinski definition) is 0. The van der Waals surface area contributed by atoms with Crippen LogP contribution in [0.15, 0.2) is 72.8 Å². The van der Waals surface area contributed by atoms with Crippen LogP contribution >= 0.6 is 0 Å². The Labute approximate surface area is 111 Å². The van der Waals surface area contributed by atoms with Gasteiger partial charge >= 0.3 is 0 Å². The van der Waals surface area contributed by atoms with Gasteiger partial charge in [-0.15, -0.1) is 0 Å². The first kappa shape index (κ1) is 11.7. The maximum atomic E-state index is 2.21. The van der Waals surface area contributed by atoms with Crippen LogP contribution in [0.25, 0.3) is 32.3 Å². The van der Waals surface area contributed by atoms with E-state index in [2.05, 4.69) is 72.8 Å². The van der Waals surface area contributed by atoms with E-state index in [1.54, 1.807) is 0 Å². The highest BCUT2D eigenvalue weighted by Gasteiger charge is 2.06. The first-order valence-electron chi connectivity index (χ1n) is 6.23. The zero-order valence-corrected chi connectivity index (χ0v) is 10.3. The topological polar surface area (TPSA) is 28.5 Å². The lowest BCUT2D eigenvalue weighted by atomic mass is 9.95. The fraction of sp³-hybridized carbons (Fsp3) is 0. The molecule has 19 heavy (non-hydrogen) atoms. The van der Waals surface area contributed by atoms with Gasteiger partial charge in [0.05, 0.1) is 0 Å². The Kier molecular flexibility index (Phi) is 2.69. The van der Waals surface area contributed by atoms with Crippen molar-refractivity contribution in [2.24, 2.45) is 0 Å².